The van der Waals surface area contributed by atoms with E-state index in [2.05, 4.69) is 4.74 Å². The number of halogens is 5. The normalized spacial score (nSPS) is 45.6. The van der Waals surface area contributed by atoms with Gasteiger partial charge in [-0.15, -0.1) is 0 Å². The summed E-state index contributed by atoms with van der Waals surface area (Å²) in [6.45, 7) is -0.512. The fraction of sp³-hybridized carbons (Fsp3) is 1.00. The molecule has 0 saturated heterocycles. The highest BCUT2D eigenvalue weighted by atomic mass is 19.4. The summed E-state index contributed by atoms with van der Waals surface area (Å²) in [6.07, 6.45) is 0.00356. The van der Waals surface area contributed by atoms with Crippen LogP contribution in [0.25, 0.3) is 0 Å². The number of fused-ring (bicyclic) bond motifs is 9. The molecule has 0 radical (unpaired) electrons. The zero-order chi connectivity index (χ0) is 18.9. The minimum atomic E-state index is -5.59. The monoisotopic (exact) mass is 384 g/mol. The second-order valence-electron chi connectivity index (χ2n) is 8.90. The van der Waals surface area contributed by atoms with Crippen LogP contribution in [0.4, 0.5) is 22.0 Å². The molecular weight excluding hydrogens is 359 g/mol. The first-order chi connectivity index (χ1) is 12.1. The molecule has 4 rings (SSSR count). The Morgan fingerprint density at radius 2 is 1.58 bits per heavy atom. The van der Waals surface area contributed by atoms with Gasteiger partial charge in [0, 0.05) is 0 Å². The van der Waals surface area contributed by atoms with Gasteiger partial charge in [0.25, 0.3) is 0 Å². The zero-order valence-corrected chi connectivity index (χ0v) is 14.6. The molecule has 8 heteroatoms. The molecule has 0 aromatic heterocycles. The molecule has 3 nitrogen and oxygen atoms in total. The molecule has 1 N–H and O–H groups in total. The molecule has 26 heavy (non-hydrogen) atoms. The van der Waals surface area contributed by atoms with Crippen molar-refractivity contribution in [2.75, 3.05) is 13.5 Å². The van der Waals surface area contributed by atoms with Crippen molar-refractivity contribution in [2.24, 2.45) is 41.4 Å². The van der Waals surface area contributed by atoms with Gasteiger partial charge in [0.2, 0.25) is 0 Å². The summed E-state index contributed by atoms with van der Waals surface area (Å²) in [6, 6.07) is -4.80. The smallest absolute Gasteiger partial charge is 0.346 e. The molecule has 0 aromatic carbocycles. The van der Waals surface area contributed by atoms with Crippen molar-refractivity contribution in [1.82, 2.24) is 0 Å². The van der Waals surface area contributed by atoms with E-state index >= 15 is 0 Å². The Balaban J connectivity index is 1.41. The first-order valence-electron chi connectivity index (χ1n) is 9.39. The maximum atomic E-state index is 13.8. The molecule has 4 bridgehead atoms. The van der Waals surface area contributed by atoms with Crippen molar-refractivity contribution in [3.05, 3.63) is 0 Å². The number of rotatable bonds is 6. The molecule has 0 spiro atoms. The largest absolute Gasteiger partial charge is 0.477 e. The van der Waals surface area contributed by atoms with Crippen molar-refractivity contribution in [1.29, 1.82) is 0 Å². The summed E-state index contributed by atoms with van der Waals surface area (Å²) < 4.78 is 73.0. The fourth-order valence-electron chi connectivity index (χ4n) is 6.84. The summed E-state index contributed by atoms with van der Waals surface area (Å²) in [7, 11) is 0. The van der Waals surface area contributed by atoms with E-state index in [0.29, 0.717) is 23.7 Å². The lowest BCUT2D eigenvalue weighted by molar-refractivity contribution is -0.441. The van der Waals surface area contributed by atoms with E-state index in [1.54, 1.807) is 0 Å². The molecular formula is C18H25F5O3. The van der Waals surface area contributed by atoms with E-state index in [0.717, 1.165) is 24.7 Å². The lowest BCUT2D eigenvalue weighted by Gasteiger charge is -2.45. The lowest BCUT2D eigenvalue weighted by atomic mass is 9.64. The van der Waals surface area contributed by atoms with Crippen LogP contribution in [0.1, 0.15) is 39.0 Å². The van der Waals surface area contributed by atoms with Gasteiger partial charge in [-0.3, -0.25) is 4.74 Å². The van der Waals surface area contributed by atoms with Crippen molar-refractivity contribution in [2.45, 2.75) is 56.8 Å². The van der Waals surface area contributed by atoms with Crippen molar-refractivity contribution in [3.8, 4) is 0 Å². The highest BCUT2D eigenvalue weighted by Gasteiger charge is 2.65. The van der Waals surface area contributed by atoms with Crippen LogP contribution in [0.3, 0.4) is 0 Å². The highest BCUT2D eigenvalue weighted by molar-refractivity contribution is 5.13. The molecule has 0 aromatic rings. The van der Waals surface area contributed by atoms with Crippen LogP contribution in [-0.4, -0.2) is 36.4 Å². The average Bonchev–Trinajstić information content (AvgIpc) is 3.31. The second-order valence-corrected chi connectivity index (χ2v) is 8.90. The van der Waals surface area contributed by atoms with Gasteiger partial charge in [-0.2, -0.15) is 17.6 Å². The second kappa shape index (κ2) is 6.01. The van der Waals surface area contributed by atoms with Gasteiger partial charge in [0.1, 0.15) is 6.67 Å². The minimum Gasteiger partial charge on any atom is -0.346 e. The zero-order valence-electron chi connectivity index (χ0n) is 14.6. The molecule has 9 atom stereocenters. The molecule has 4 aliphatic carbocycles. The fourth-order valence-corrected chi connectivity index (χ4v) is 6.84. The number of hydrogen-bond donors (Lipinski definition) is 1. The number of aliphatic hydroxyl groups is 1. The maximum Gasteiger partial charge on any atom is 0.477 e. The van der Waals surface area contributed by atoms with Crippen LogP contribution in [0.15, 0.2) is 0 Å². The third-order valence-electron chi connectivity index (χ3n) is 7.77. The summed E-state index contributed by atoms with van der Waals surface area (Å²) >= 11 is 0. The molecule has 4 saturated carbocycles. The van der Waals surface area contributed by atoms with Crippen LogP contribution in [0.2, 0.25) is 0 Å². The number of ether oxygens (including phenoxy) is 2. The molecule has 9 unspecified atom stereocenters. The Morgan fingerprint density at radius 3 is 2.19 bits per heavy atom. The minimum absolute atomic E-state index is 0.111. The predicted octanol–water partition coefficient (Wildman–Crippen LogP) is 4.20. The van der Waals surface area contributed by atoms with Gasteiger partial charge in [0.15, 0.2) is 6.79 Å². The highest BCUT2D eigenvalue weighted by Crippen LogP contribution is 2.70. The van der Waals surface area contributed by atoms with E-state index in [4.69, 9.17) is 9.84 Å². The summed E-state index contributed by atoms with van der Waals surface area (Å²) in [5.74, 6) is 3.50. The van der Waals surface area contributed by atoms with Gasteiger partial charge in [-0.1, -0.05) is 0 Å². The van der Waals surface area contributed by atoms with E-state index in [9.17, 15) is 22.0 Å². The van der Waals surface area contributed by atoms with Crippen molar-refractivity contribution in [3.63, 3.8) is 0 Å². The molecule has 0 heterocycles. The number of alkyl halides is 5. The molecule has 4 fully saturated rings. The molecule has 4 aliphatic rings. The van der Waals surface area contributed by atoms with Crippen LogP contribution < -0.4 is 0 Å². The first kappa shape index (κ1) is 18.9. The Labute approximate surface area is 149 Å². The average molecular weight is 384 g/mol. The Bertz CT molecular complexity index is 553. The lowest BCUT2D eigenvalue weighted by Crippen LogP contribution is -2.49. The van der Waals surface area contributed by atoms with E-state index < -0.39 is 31.3 Å². The van der Waals surface area contributed by atoms with Crippen LogP contribution in [-0.2, 0) is 9.47 Å². The van der Waals surface area contributed by atoms with Gasteiger partial charge in [-0.05, 0) is 80.5 Å². The Morgan fingerprint density at radius 1 is 0.923 bits per heavy atom. The maximum absolute atomic E-state index is 13.8. The molecule has 0 aliphatic heterocycles. The molecule has 0 amide bonds. The van der Waals surface area contributed by atoms with Crippen LogP contribution in [0.5, 0.6) is 0 Å². The quantitative estimate of drug-likeness (QED) is 0.424. The van der Waals surface area contributed by atoms with E-state index in [-0.39, 0.29) is 5.92 Å². The van der Waals surface area contributed by atoms with Gasteiger partial charge in [0.05, 0.1) is 5.60 Å². The van der Waals surface area contributed by atoms with Gasteiger partial charge in [-0.25, -0.2) is 4.39 Å². The number of hydrogen-bond acceptors (Lipinski definition) is 3. The Hall–Kier alpha value is -0.470. The topological polar surface area (TPSA) is 38.7 Å². The van der Waals surface area contributed by atoms with Crippen LogP contribution in [0, 0.1) is 41.4 Å². The third kappa shape index (κ3) is 2.70. The van der Waals surface area contributed by atoms with Crippen molar-refractivity contribution < 1.29 is 36.5 Å². The summed E-state index contributed by atoms with van der Waals surface area (Å²) in [5, 5.41) is 8.70. The van der Waals surface area contributed by atoms with Gasteiger partial charge < -0.3 is 9.84 Å². The van der Waals surface area contributed by atoms with Gasteiger partial charge >= 0.3 is 12.2 Å². The molecule has 150 valence electrons. The Kier molecular flexibility index (Phi) is 4.36. The third-order valence-corrected chi connectivity index (χ3v) is 7.77. The van der Waals surface area contributed by atoms with E-state index in [1.807, 2.05) is 0 Å². The SMILES string of the molecule is CC(CF)(OCOC(O)(F)C(F)(F)F)C1CC2CC1C1C3CCC(C3)C21. The van der Waals surface area contributed by atoms with E-state index in [1.165, 1.54) is 26.2 Å². The summed E-state index contributed by atoms with van der Waals surface area (Å²) in [5.41, 5.74) is -1.33. The van der Waals surface area contributed by atoms with Crippen molar-refractivity contribution >= 4 is 0 Å². The standard InChI is InChI=1S/C18H25F5O3/c1-16(7-19,25-8-26-18(23,24)17(20,21)22)13-6-11-5-12(13)15-10-3-2-9(4-10)14(11)15/h9-15,24H,2-8H2,1H3. The summed E-state index contributed by atoms with van der Waals surface area (Å²) in [4.78, 5) is 0. The first-order valence-corrected chi connectivity index (χ1v) is 9.39. The van der Waals surface area contributed by atoms with Crippen LogP contribution >= 0.6 is 0 Å². The predicted molar refractivity (Wildman–Crippen MR) is 81.0 cm³/mol.